The van der Waals surface area contributed by atoms with E-state index in [1.165, 1.54) is 6.33 Å². The quantitative estimate of drug-likeness (QED) is 0.560. The molecule has 0 bridgehead atoms. The lowest BCUT2D eigenvalue weighted by molar-refractivity contribution is 0.0899. The van der Waals surface area contributed by atoms with Crippen LogP contribution in [-0.2, 0) is 0 Å². The van der Waals surface area contributed by atoms with Gasteiger partial charge in [-0.2, -0.15) is 0 Å². The highest BCUT2D eigenvalue weighted by atomic mass is 127. The van der Waals surface area contributed by atoms with Crippen molar-refractivity contribution >= 4 is 45.7 Å². The van der Waals surface area contributed by atoms with Crippen LogP contribution in [0.4, 0.5) is 10.2 Å². The Bertz CT molecular complexity index is 801. The fourth-order valence-electron chi connectivity index (χ4n) is 2.49. The Morgan fingerprint density at radius 3 is 2.75 bits per heavy atom. The molecule has 130 valence electrons. The van der Waals surface area contributed by atoms with Crippen LogP contribution >= 0.6 is 22.9 Å². The molecule has 1 fully saturated rings. The van der Waals surface area contributed by atoms with Crippen molar-refractivity contribution in [2.45, 2.75) is 51.6 Å². The highest BCUT2D eigenvalue weighted by Gasteiger charge is 2.44. The van der Waals surface area contributed by atoms with E-state index >= 15 is 0 Å². The number of furan rings is 1. The Morgan fingerprint density at radius 1 is 1.50 bits per heavy atom. The lowest BCUT2D eigenvalue weighted by Crippen LogP contribution is -2.45. The molecule has 2 heterocycles. The number of hydrogen-bond donors (Lipinski definition) is 1. The van der Waals surface area contributed by atoms with Gasteiger partial charge >= 0.3 is 0 Å². The Balaban J connectivity index is 2.11. The first-order valence-electron chi connectivity index (χ1n) is 7.77. The van der Waals surface area contributed by atoms with Crippen LogP contribution in [0.1, 0.15) is 49.7 Å². The summed E-state index contributed by atoms with van der Waals surface area (Å²) in [5.74, 6) is 0.723. The molecule has 0 saturated heterocycles. The predicted octanol–water partition coefficient (Wildman–Crippen LogP) is 3.72. The lowest BCUT2D eigenvalue weighted by atomic mass is 10.1. The fraction of sp³-hybridized carbons (Fsp3) is 0.562. The molecule has 1 amide bonds. The number of anilines is 1. The van der Waals surface area contributed by atoms with Gasteiger partial charge in [0.05, 0.1) is 39.4 Å². The molecule has 1 saturated carbocycles. The van der Waals surface area contributed by atoms with Crippen molar-refractivity contribution in [3.8, 4) is 0 Å². The molecule has 2 aromatic heterocycles. The van der Waals surface area contributed by atoms with Gasteiger partial charge in [-0.1, -0.05) is 0 Å². The average Bonchev–Trinajstić information content (AvgIpc) is 3.17. The summed E-state index contributed by atoms with van der Waals surface area (Å²) in [6.45, 7) is 6.46. The Hall–Kier alpha value is -1.45. The monoisotopic (exact) mass is 446 g/mol. The number of fused-ring (bicyclic) bond motifs is 1. The summed E-state index contributed by atoms with van der Waals surface area (Å²) in [5.41, 5.74) is -0.186. The minimum atomic E-state index is -0.949. The number of carbonyl (C=O) groups is 1. The van der Waals surface area contributed by atoms with Gasteiger partial charge in [0, 0.05) is 5.54 Å². The topological polar surface area (TPSA) is 71.3 Å². The molecule has 8 heteroatoms. The number of nitrogens with zero attached hydrogens (tertiary/aromatic N) is 3. The van der Waals surface area contributed by atoms with Crippen LogP contribution in [0, 0.1) is 6.92 Å². The smallest absolute Gasteiger partial charge is 0.256 e. The van der Waals surface area contributed by atoms with Gasteiger partial charge in [0.25, 0.3) is 5.91 Å². The maximum atomic E-state index is 13.1. The number of halogens is 2. The number of nitrogens with one attached hydrogen (secondary N) is 1. The Labute approximate surface area is 153 Å². The molecule has 0 spiro atoms. The molecule has 0 unspecified atom stereocenters. The second-order valence-corrected chi connectivity index (χ2v) is 8.12. The molecule has 2 aromatic rings. The largest absolute Gasteiger partial charge is 0.442 e. The molecule has 1 aliphatic rings. The molecule has 24 heavy (non-hydrogen) atoms. The van der Waals surface area contributed by atoms with Gasteiger partial charge in [-0.25, -0.2) is 14.4 Å². The van der Waals surface area contributed by atoms with Crippen molar-refractivity contribution in [2.24, 2.45) is 0 Å². The van der Waals surface area contributed by atoms with E-state index in [0.717, 1.165) is 12.8 Å². The van der Waals surface area contributed by atoms with E-state index in [1.807, 2.05) is 3.11 Å². The third-order valence-corrected chi connectivity index (χ3v) is 5.91. The van der Waals surface area contributed by atoms with E-state index in [2.05, 4.69) is 45.1 Å². The van der Waals surface area contributed by atoms with E-state index in [0.29, 0.717) is 28.2 Å². The first-order valence-corrected chi connectivity index (χ1v) is 8.74. The van der Waals surface area contributed by atoms with Crippen LogP contribution in [0.2, 0.25) is 0 Å². The van der Waals surface area contributed by atoms with Crippen LogP contribution in [-0.4, -0.2) is 33.6 Å². The SMILES string of the molecule is Cc1oc2ncnc(N(I)C3(C)CC3)c2c1C(=O)NC(C)(C)CF. The van der Waals surface area contributed by atoms with E-state index in [1.54, 1.807) is 20.8 Å². The lowest BCUT2D eigenvalue weighted by Gasteiger charge is -2.24. The van der Waals surface area contributed by atoms with Crippen LogP contribution in [0.25, 0.3) is 11.1 Å². The van der Waals surface area contributed by atoms with Crippen molar-refractivity contribution in [2.75, 3.05) is 9.79 Å². The molecule has 0 aromatic carbocycles. The molecule has 1 aliphatic carbocycles. The van der Waals surface area contributed by atoms with Gasteiger partial charge in [0.15, 0.2) is 5.82 Å². The third-order valence-electron chi connectivity index (χ3n) is 4.29. The number of amides is 1. The standard InChI is InChI=1S/C16H20FIN4O2/c1-9-10(13(23)21-15(2,3)7-17)11-12(19-8-20-14(11)24-9)22(18)16(4)5-6-16/h8H,5-7H2,1-4H3,(H,21,23). The van der Waals surface area contributed by atoms with Gasteiger partial charge in [-0.05, 0) is 40.5 Å². The predicted molar refractivity (Wildman–Crippen MR) is 98.2 cm³/mol. The fourth-order valence-corrected chi connectivity index (χ4v) is 3.34. The molecular weight excluding hydrogens is 426 g/mol. The summed E-state index contributed by atoms with van der Waals surface area (Å²) in [6, 6.07) is 0. The van der Waals surface area contributed by atoms with Crippen LogP contribution < -0.4 is 8.43 Å². The van der Waals surface area contributed by atoms with E-state index in [-0.39, 0.29) is 11.4 Å². The average molecular weight is 446 g/mol. The number of carbonyl (C=O) groups excluding carboxylic acids is 1. The summed E-state index contributed by atoms with van der Waals surface area (Å²) in [4.78, 5) is 21.3. The zero-order valence-corrected chi connectivity index (χ0v) is 16.3. The van der Waals surface area contributed by atoms with Gasteiger partial charge < -0.3 is 9.73 Å². The van der Waals surface area contributed by atoms with E-state index in [4.69, 9.17) is 4.42 Å². The summed E-state index contributed by atoms with van der Waals surface area (Å²) in [5, 5.41) is 3.29. The molecule has 6 nitrogen and oxygen atoms in total. The third kappa shape index (κ3) is 2.96. The highest BCUT2D eigenvalue weighted by Crippen LogP contribution is 2.47. The number of aryl methyl sites for hydroxylation is 1. The van der Waals surface area contributed by atoms with E-state index in [9.17, 15) is 9.18 Å². The second kappa shape index (κ2) is 5.82. The van der Waals surface area contributed by atoms with Gasteiger partial charge in [0.2, 0.25) is 5.71 Å². The first kappa shape index (κ1) is 17.4. The summed E-state index contributed by atoms with van der Waals surface area (Å²) < 4.78 is 20.8. The summed E-state index contributed by atoms with van der Waals surface area (Å²) in [6.07, 6.45) is 3.56. The minimum absolute atomic E-state index is 0.0268. The van der Waals surface area contributed by atoms with Crippen molar-refractivity contribution in [3.63, 3.8) is 0 Å². The van der Waals surface area contributed by atoms with Gasteiger partial charge in [-0.15, -0.1) is 0 Å². The maximum Gasteiger partial charge on any atom is 0.256 e. The number of aromatic nitrogens is 2. The number of alkyl halides is 1. The normalized spacial score (nSPS) is 16.2. The Morgan fingerprint density at radius 2 is 2.17 bits per heavy atom. The van der Waals surface area contributed by atoms with Crippen LogP contribution in [0.15, 0.2) is 10.7 Å². The molecule has 1 N–H and O–H groups in total. The van der Waals surface area contributed by atoms with Crippen LogP contribution in [0.5, 0.6) is 0 Å². The molecular formula is C16H20FIN4O2. The van der Waals surface area contributed by atoms with Gasteiger partial charge in [-0.3, -0.25) is 7.91 Å². The summed E-state index contributed by atoms with van der Waals surface area (Å²) in [7, 11) is 0. The minimum Gasteiger partial charge on any atom is -0.442 e. The van der Waals surface area contributed by atoms with Crippen molar-refractivity contribution in [3.05, 3.63) is 17.7 Å². The number of rotatable bonds is 5. The number of hydrogen-bond acceptors (Lipinski definition) is 5. The molecule has 0 atom stereocenters. The molecule has 0 radical (unpaired) electrons. The van der Waals surface area contributed by atoms with Gasteiger partial charge in [0.1, 0.15) is 18.8 Å². The molecule has 3 rings (SSSR count). The van der Waals surface area contributed by atoms with E-state index < -0.39 is 12.2 Å². The van der Waals surface area contributed by atoms with Crippen LogP contribution in [0.3, 0.4) is 0 Å². The van der Waals surface area contributed by atoms with Crippen molar-refractivity contribution < 1.29 is 13.6 Å². The van der Waals surface area contributed by atoms with Crippen molar-refractivity contribution in [1.29, 1.82) is 0 Å². The summed E-state index contributed by atoms with van der Waals surface area (Å²) >= 11 is 2.22. The Kier molecular flexibility index (Phi) is 4.21. The highest BCUT2D eigenvalue weighted by molar-refractivity contribution is 14.1. The maximum absolute atomic E-state index is 13.1. The zero-order valence-electron chi connectivity index (χ0n) is 14.1. The zero-order chi connectivity index (χ0) is 17.7. The first-order chi connectivity index (χ1) is 11.2. The molecule has 0 aliphatic heterocycles. The second-order valence-electron chi connectivity index (χ2n) is 7.16. The van der Waals surface area contributed by atoms with Crippen molar-refractivity contribution in [1.82, 2.24) is 15.3 Å².